The van der Waals surface area contributed by atoms with E-state index in [0.717, 1.165) is 97.1 Å². The van der Waals surface area contributed by atoms with Crippen molar-refractivity contribution >= 4 is 11.9 Å². The highest BCUT2D eigenvalue weighted by Crippen LogP contribution is 2.68. The number of unbranched alkanes of at least 4 members (excludes halogenated alkanes) is 1. The highest BCUT2D eigenvalue weighted by Gasteiger charge is 2.65. The molecule has 4 aliphatic rings. The Labute approximate surface area is 284 Å². The summed E-state index contributed by atoms with van der Waals surface area (Å²) >= 11 is 0. The maximum atomic E-state index is 12.4. The summed E-state index contributed by atoms with van der Waals surface area (Å²) in [6, 6.07) is 0.511. The van der Waals surface area contributed by atoms with E-state index in [0.29, 0.717) is 36.1 Å². The number of hydrogen-bond donors (Lipinski definition) is 7. The van der Waals surface area contributed by atoms with Crippen LogP contribution in [0.1, 0.15) is 104 Å². The van der Waals surface area contributed by atoms with Gasteiger partial charge in [-0.1, -0.05) is 20.8 Å². The summed E-state index contributed by atoms with van der Waals surface area (Å²) in [5, 5.41) is 37.3. The predicted molar refractivity (Wildman–Crippen MR) is 186 cm³/mol. The van der Waals surface area contributed by atoms with Crippen molar-refractivity contribution in [1.29, 1.82) is 0 Å². The summed E-state index contributed by atoms with van der Waals surface area (Å²) in [5.74, 6) is 1.38. The van der Waals surface area contributed by atoms with Crippen molar-refractivity contribution in [3.63, 3.8) is 0 Å². The molecule has 8 N–H and O–H groups in total. The molecule has 0 aromatic rings. The molecule has 0 spiro atoms. The number of carbonyl (C=O) groups is 2. The highest BCUT2D eigenvalue weighted by molar-refractivity contribution is 5.81. The van der Waals surface area contributed by atoms with Crippen molar-refractivity contribution in [2.24, 2.45) is 52.1 Å². The lowest BCUT2D eigenvalue weighted by Gasteiger charge is -2.63. The van der Waals surface area contributed by atoms with Gasteiger partial charge in [-0.05, 0) is 163 Å². The maximum absolute atomic E-state index is 12.4. The van der Waals surface area contributed by atoms with Crippen LogP contribution in [0.5, 0.6) is 0 Å². The minimum atomic E-state index is -0.447. The van der Waals surface area contributed by atoms with Gasteiger partial charge < -0.3 is 42.0 Å². The topological polar surface area (TPSA) is 158 Å². The van der Waals surface area contributed by atoms with E-state index >= 15 is 0 Å². The van der Waals surface area contributed by atoms with E-state index in [2.05, 4.69) is 46.8 Å². The lowest BCUT2D eigenvalue weighted by atomic mass is 9.43. The van der Waals surface area contributed by atoms with Gasteiger partial charge in [-0.15, -0.1) is 0 Å². The smallest absolute Gasteiger partial charge is 0.325 e. The van der Waals surface area contributed by atoms with Crippen LogP contribution in [0, 0.1) is 46.3 Å². The number of aliphatic hydroxyl groups excluding tert-OH is 2. The van der Waals surface area contributed by atoms with Crippen LogP contribution in [0.4, 0.5) is 0 Å². The number of esters is 1. The Kier molecular flexibility index (Phi) is 14.8. The molecule has 0 aromatic carbocycles. The molecule has 0 saturated heterocycles. The van der Waals surface area contributed by atoms with Crippen molar-refractivity contribution in [1.82, 2.24) is 21.3 Å². The van der Waals surface area contributed by atoms with Gasteiger partial charge in [-0.3, -0.25) is 9.59 Å². The first kappa shape index (κ1) is 38.5. The van der Waals surface area contributed by atoms with Crippen LogP contribution in [-0.4, -0.2) is 93.3 Å². The molecule has 0 aromatic heterocycles. The second kappa shape index (κ2) is 18.1. The zero-order valence-corrected chi connectivity index (χ0v) is 30.0. The first-order valence-corrected chi connectivity index (χ1v) is 19.1. The average molecular weight is 664 g/mol. The molecule has 0 bridgehead atoms. The molecular formula is C37H69N5O5. The van der Waals surface area contributed by atoms with E-state index in [4.69, 9.17) is 5.73 Å². The van der Waals surface area contributed by atoms with Crippen molar-refractivity contribution in [2.75, 3.05) is 52.9 Å². The average Bonchev–Trinajstić information content (AvgIpc) is 3.42. The number of hydrogen-bond acceptors (Lipinski definition) is 9. The Morgan fingerprint density at radius 3 is 2.32 bits per heavy atom. The van der Waals surface area contributed by atoms with E-state index in [-0.39, 0.29) is 41.2 Å². The van der Waals surface area contributed by atoms with Gasteiger partial charge in [0.2, 0.25) is 5.91 Å². The molecule has 10 heteroatoms. The van der Waals surface area contributed by atoms with E-state index in [1.165, 1.54) is 26.4 Å². The Hall–Kier alpha value is -1.30. The fourth-order valence-corrected chi connectivity index (χ4v) is 10.7. The van der Waals surface area contributed by atoms with Gasteiger partial charge in [0.1, 0.15) is 6.54 Å². The third-order valence-electron chi connectivity index (χ3n) is 13.5. The van der Waals surface area contributed by atoms with Crippen LogP contribution in [0.3, 0.4) is 0 Å². The number of nitrogens with one attached hydrogen (secondary N) is 4. The molecule has 4 aliphatic carbocycles. The Bertz CT molecular complexity index is 987. The van der Waals surface area contributed by atoms with Gasteiger partial charge in [0.05, 0.1) is 19.3 Å². The second-order valence-electron chi connectivity index (χ2n) is 16.1. The lowest BCUT2D eigenvalue weighted by molar-refractivity contribution is -0.202. The first-order valence-electron chi connectivity index (χ1n) is 19.1. The maximum Gasteiger partial charge on any atom is 0.325 e. The molecule has 10 nitrogen and oxygen atoms in total. The molecule has 3 unspecified atom stereocenters. The second-order valence-corrected chi connectivity index (χ2v) is 16.1. The lowest BCUT2D eigenvalue weighted by Crippen LogP contribution is -2.62. The Morgan fingerprint density at radius 1 is 0.915 bits per heavy atom. The number of fused-ring (bicyclic) bond motifs is 5. The number of carbonyl (C=O) groups excluding carboxylic acids is 2. The van der Waals surface area contributed by atoms with E-state index < -0.39 is 12.1 Å². The third-order valence-corrected chi connectivity index (χ3v) is 13.5. The minimum Gasteiger partial charge on any atom is -0.468 e. The number of amides is 1. The standard InChI is InChI=1S/C37H69N5O5/c1-25(9-12-33(45)42-24-34(46)47-4)28-10-11-29-35-30(23-32(44)37(28,29)3)36(2)14-13-27(21-26(36)22-31(35)43)41-20-8-19-40-17-6-5-16-39-18-7-15-38/h25-32,35,39-41,43-44H,5-24,38H2,1-4H3,(H,42,45)/t25-,26+,27+,28-,29?,30?,31-,32+,35?,36+,37-/m1/s1. The van der Waals surface area contributed by atoms with Crippen LogP contribution in [0.25, 0.3) is 0 Å². The molecule has 4 rings (SSSR count). The molecule has 0 radical (unpaired) electrons. The van der Waals surface area contributed by atoms with Crippen LogP contribution in [0.2, 0.25) is 0 Å². The zero-order valence-electron chi connectivity index (χ0n) is 30.0. The number of nitrogens with two attached hydrogens (primary N) is 1. The summed E-state index contributed by atoms with van der Waals surface area (Å²) < 4.78 is 4.62. The van der Waals surface area contributed by atoms with E-state index in [1.807, 2.05) is 0 Å². The molecule has 0 aliphatic heterocycles. The van der Waals surface area contributed by atoms with Gasteiger partial charge in [-0.2, -0.15) is 0 Å². The molecule has 4 saturated carbocycles. The normalized spacial score (nSPS) is 37.0. The molecule has 11 atom stereocenters. The summed E-state index contributed by atoms with van der Waals surface area (Å²) in [6.07, 6.45) is 12.1. The van der Waals surface area contributed by atoms with Gasteiger partial charge in [0.15, 0.2) is 0 Å². The summed E-state index contributed by atoms with van der Waals surface area (Å²) in [6.45, 7) is 12.9. The van der Waals surface area contributed by atoms with Gasteiger partial charge >= 0.3 is 5.97 Å². The fourth-order valence-electron chi connectivity index (χ4n) is 10.7. The third kappa shape index (κ3) is 9.28. The van der Waals surface area contributed by atoms with Crippen LogP contribution in [0.15, 0.2) is 0 Å². The Balaban J connectivity index is 1.23. The number of methoxy groups -OCH3 is 1. The van der Waals surface area contributed by atoms with Crippen LogP contribution < -0.4 is 27.0 Å². The molecule has 272 valence electrons. The van der Waals surface area contributed by atoms with Crippen molar-refractivity contribution in [3.05, 3.63) is 0 Å². The van der Waals surface area contributed by atoms with Crippen LogP contribution in [-0.2, 0) is 14.3 Å². The fraction of sp³-hybridized carbons (Fsp3) is 0.946. The quantitative estimate of drug-likeness (QED) is 0.0816. The van der Waals surface area contributed by atoms with Crippen molar-refractivity contribution < 1.29 is 24.5 Å². The summed E-state index contributed by atoms with van der Waals surface area (Å²) in [7, 11) is 1.32. The molecule has 4 fully saturated rings. The SMILES string of the molecule is COC(=O)CNC(=O)CC[C@@H](C)[C@H]1CCC2C3C(C[C@H](O)[C@@]21C)[C@@]1(C)CC[C@H](NCCCNCCCCNCCCN)C[C@H]1C[C@H]3O. The molecular weight excluding hydrogens is 594 g/mol. The summed E-state index contributed by atoms with van der Waals surface area (Å²) in [5.41, 5.74) is 5.44. The number of ether oxygens (including phenoxy) is 1. The monoisotopic (exact) mass is 664 g/mol. The highest BCUT2D eigenvalue weighted by atomic mass is 16.5. The van der Waals surface area contributed by atoms with Gasteiger partial charge in [0.25, 0.3) is 0 Å². The van der Waals surface area contributed by atoms with Crippen molar-refractivity contribution in [3.8, 4) is 0 Å². The summed E-state index contributed by atoms with van der Waals surface area (Å²) in [4.78, 5) is 23.8. The van der Waals surface area contributed by atoms with Gasteiger partial charge in [0, 0.05) is 12.5 Å². The predicted octanol–water partition coefficient (Wildman–Crippen LogP) is 2.95. The zero-order chi connectivity index (χ0) is 34.0. The largest absolute Gasteiger partial charge is 0.468 e. The van der Waals surface area contributed by atoms with E-state index in [1.54, 1.807) is 0 Å². The minimum absolute atomic E-state index is 0.101. The number of rotatable bonds is 19. The van der Waals surface area contributed by atoms with E-state index in [9.17, 15) is 19.8 Å². The molecule has 47 heavy (non-hydrogen) atoms. The number of aliphatic hydroxyl groups is 2. The van der Waals surface area contributed by atoms with Crippen LogP contribution >= 0.6 is 0 Å². The van der Waals surface area contributed by atoms with Gasteiger partial charge in [-0.25, -0.2) is 0 Å². The first-order chi connectivity index (χ1) is 22.6. The van der Waals surface area contributed by atoms with Crippen molar-refractivity contribution in [2.45, 2.75) is 122 Å². The molecule has 0 heterocycles. The Morgan fingerprint density at radius 2 is 1.62 bits per heavy atom. The molecule has 1 amide bonds.